The Morgan fingerprint density at radius 1 is 0.724 bits per heavy atom. The number of fused-ring (bicyclic) bond motifs is 3. The molecular formula is C26H26N2O. The summed E-state index contributed by atoms with van der Waals surface area (Å²) in [6.45, 7) is 1.79. The number of hydrogen-bond donors (Lipinski definition) is 0. The highest BCUT2D eigenvalue weighted by molar-refractivity contribution is 6.07. The fourth-order valence-electron chi connectivity index (χ4n) is 3.95. The van der Waals surface area contributed by atoms with Crippen LogP contribution in [-0.2, 0) is 13.0 Å². The second-order valence-corrected chi connectivity index (χ2v) is 7.43. The van der Waals surface area contributed by atoms with Crippen molar-refractivity contribution < 1.29 is 4.74 Å². The van der Waals surface area contributed by atoms with E-state index in [0.29, 0.717) is 6.42 Å². The summed E-state index contributed by atoms with van der Waals surface area (Å²) < 4.78 is 8.28. The van der Waals surface area contributed by atoms with Gasteiger partial charge in [0.1, 0.15) is 5.75 Å². The van der Waals surface area contributed by atoms with E-state index in [2.05, 4.69) is 59.2 Å². The fraction of sp³-hybridized carbons (Fsp3) is 0.269. The highest BCUT2D eigenvalue weighted by atomic mass is 16.5. The maximum Gasteiger partial charge on any atom is 0.119 e. The number of aryl methyl sites for hydroxylation is 1. The van der Waals surface area contributed by atoms with Crippen molar-refractivity contribution in [3.63, 3.8) is 0 Å². The second kappa shape index (κ2) is 9.30. The van der Waals surface area contributed by atoms with E-state index in [9.17, 15) is 0 Å². The third-order valence-corrected chi connectivity index (χ3v) is 5.43. The summed E-state index contributed by atoms with van der Waals surface area (Å²) in [5.41, 5.74) is 3.69. The first-order chi connectivity index (χ1) is 14.4. The van der Waals surface area contributed by atoms with Crippen LogP contribution < -0.4 is 4.74 Å². The first-order valence-electron chi connectivity index (χ1n) is 10.4. The van der Waals surface area contributed by atoms with Crippen molar-refractivity contribution in [2.75, 3.05) is 6.61 Å². The quantitative estimate of drug-likeness (QED) is 0.310. The van der Waals surface area contributed by atoms with E-state index in [4.69, 9.17) is 10.00 Å². The minimum Gasteiger partial charge on any atom is -0.494 e. The van der Waals surface area contributed by atoms with E-state index in [-0.39, 0.29) is 0 Å². The summed E-state index contributed by atoms with van der Waals surface area (Å²) in [6.07, 6.45) is 5.06. The van der Waals surface area contributed by atoms with Crippen LogP contribution in [0.4, 0.5) is 0 Å². The van der Waals surface area contributed by atoms with Crippen molar-refractivity contribution in [1.29, 1.82) is 5.26 Å². The molecular weight excluding hydrogens is 356 g/mol. The van der Waals surface area contributed by atoms with Gasteiger partial charge in [0.05, 0.1) is 19.1 Å². The predicted octanol–water partition coefficient (Wildman–Crippen LogP) is 6.50. The molecule has 0 radical (unpaired) electrons. The van der Waals surface area contributed by atoms with Gasteiger partial charge in [-0.15, -0.1) is 0 Å². The molecule has 1 aromatic heterocycles. The topological polar surface area (TPSA) is 37.9 Å². The molecule has 0 saturated carbocycles. The monoisotopic (exact) mass is 382 g/mol. The van der Waals surface area contributed by atoms with Crippen LogP contribution in [0.2, 0.25) is 0 Å². The molecule has 146 valence electrons. The summed E-state index contributed by atoms with van der Waals surface area (Å²) in [4.78, 5) is 0. The third kappa shape index (κ3) is 4.43. The number of unbranched alkanes of at least 4 members (excludes halogenated alkanes) is 3. The number of aromatic nitrogens is 1. The Hall–Kier alpha value is -3.25. The number of rotatable bonds is 9. The molecule has 4 rings (SSSR count). The minimum absolute atomic E-state index is 0.451. The lowest BCUT2D eigenvalue weighted by atomic mass is 10.1. The van der Waals surface area contributed by atoms with Gasteiger partial charge in [-0.2, -0.15) is 5.26 Å². The van der Waals surface area contributed by atoms with E-state index in [0.717, 1.165) is 30.9 Å². The molecule has 0 aliphatic carbocycles. The molecule has 3 heteroatoms. The summed E-state index contributed by atoms with van der Waals surface area (Å²) in [5, 5.41) is 11.4. The molecule has 0 aliphatic rings. The van der Waals surface area contributed by atoms with Crippen molar-refractivity contribution in [2.45, 2.75) is 38.6 Å². The first-order valence-corrected chi connectivity index (χ1v) is 10.4. The van der Waals surface area contributed by atoms with Gasteiger partial charge in [0.2, 0.25) is 0 Å². The number of nitriles is 1. The molecule has 0 aliphatic heterocycles. The van der Waals surface area contributed by atoms with Crippen LogP contribution >= 0.6 is 0 Å². The molecule has 0 atom stereocenters. The van der Waals surface area contributed by atoms with Crippen LogP contribution in [0.25, 0.3) is 21.8 Å². The number of hydrogen-bond acceptors (Lipinski definition) is 2. The van der Waals surface area contributed by atoms with Crippen molar-refractivity contribution in [2.24, 2.45) is 0 Å². The molecule has 3 nitrogen and oxygen atoms in total. The fourth-order valence-corrected chi connectivity index (χ4v) is 3.95. The number of para-hydroxylation sites is 2. The second-order valence-electron chi connectivity index (χ2n) is 7.43. The maximum atomic E-state index is 8.71. The zero-order valence-electron chi connectivity index (χ0n) is 16.7. The SMILES string of the molecule is N#CCc1ccc(OCCCCCCn2c3ccccc3c3ccccc32)cc1. The van der Waals surface area contributed by atoms with Gasteiger partial charge < -0.3 is 9.30 Å². The van der Waals surface area contributed by atoms with Crippen molar-refractivity contribution in [3.05, 3.63) is 78.4 Å². The standard InChI is InChI=1S/C26H26N2O/c27-18-17-21-13-15-22(16-14-21)29-20-8-2-1-7-19-28-25-11-5-3-9-23(25)24-10-4-6-12-26(24)28/h3-6,9-16H,1-2,7-8,17,19-20H2. The molecule has 29 heavy (non-hydrogen) atoms. The van der Waals surface area contributed by atoms with Crippen LogP contribution in [0.3, 0.4) is 0 Å². The minimum atomic E-state index is 0.451. The van der Waals surface area contributed by atoms with Gasteiger partial charge in [-0.25, -0.2) is 0 Å². The van der Waals surface area contributed by atoms with Gasteiger partial charge in [-0.3, -0.25) is 0 Å². The first kappa shape index (κ1) is 19.1. The van der Waals surface area contributed by atoms with Gasteiger partial charge in [0.15, 0.2) is 0 Å². The highest BCUT2D eigenvalue weighted by Crippen LogP contribution is 2.29. The average Bonchev–Trinajstić information content (AvgIpc) is 3.08. The summed E-state index contributed by atoms with van der Waals surface area (Å²) >= 11 is 0. The van der Waals surface area contributed by atoms with E-state index >= 15 is 0 Å². The van der Waals surface area contributed by atoms with Gasteiger partial charge in [0, 0.05) is 28.4 Å². The largest absolute Gasteiger partial charge is 0.494 e. The van der Waals surface area contributed by atoms with Gasteiger partial charge >= 0.3 is 0 Å². The van der Waals surface area contributed by atoms with Crippen LogP contribution in [0.15, 0.2) is 72.8 Å². The number of ether oxygens (including phenoxy) is 1. The Labute approximate surface area is 172 Å². The summed E-state index contributed by atoms with van der Waals surface area (Å²) in [6, 6.07) is 27.4. The Morgan fingerprint density at radius 2 is 1.34 bits per heavy atom. The normalized spacial score (nSPS) is 11.0. The van der Waals surface area contributed by atoms with E-state index in [1.165, 1.54) is 41.1 Å². The lowest BCUT2D eigenvalue weighted by Gasteiger charge is -2.08. The number of nitrogens with zero attached hydrogens (tertiary/aromatic N) is 2. The molecule has 3 aromatic carbocycles. The molecule has 0 unspecified atom stereocenters. The Balaban J connectivity index is 1.24. The Morgan fingerprint density at radius 3 is 2.00 bits per heavy atom. The number of benzene rings is 3. The van der Waals surface area contributed by atoms with E-state index < -0.39 is 0 Å². The van der Waals surface area contributed by atoms with Gasteiger partial charge in [0.25, 0.3) is 0 Å². The molecule has 0 saturated heterocycles. The van der Waals surface area contributed by atoms with Crippen molar-refractivity contribution >= 4 is 21.8 Å². The van der Waals surface area contributed by atoms with Crippen molar-refractivity contribution in [3.8, 4) is 11.8 Å². The van der Waals surface area contributed by atoms with Gasteiger partial charge in [-0.05, 0) is 42.7 Å². The molecule has 1 heterocycles. The van der Waals surface area contributed by atoms with Crippen LogP contribution in [-0.4, -0.2) is 11.2 Å². The van der Waals surface area contributed by atoms with Crippen molar-refractivity contribution in [1.82, 2.24) is 4.57 Å². The predicted molar refractivity (Wildman–Crippen MR) is 119 cm³/mol. The molecule has 0 fully saturated rings. The molecule has 0 bridgehead atoms. The van der Waals surface area contributed by atoms with Crippen LogP contribution in [0, 0.1) is 11.3 Å². The average molecular weight is 383 g/mol. The molecule has 0 amide bonds. The zero-order valence-corrected chi connectivity index (χ0v) is 16.7. The van der Waals surface area contributed by atoms with E-state index in [1.54, 1.807) is 0 Å². The lowest BCUT2D eigenvalue weighted by Crippen LogP contribution is -2.00. The van der Waals surface area contributed by atoms with Crippen LogP contribution in [0.5, 0.6) is 5.75 Å². The lowest BCUT2D eigenvalue weighted by molar-refractivity contribution is 0.304. The molecule has 4 aromatic rings. The van der Waals surface area contributed by atoms with Gasteiger partial charge in [-0.1, -0.05) is 61.4 Å². The zero-order chi connectivity index (χ0) is 19.9. The Kier molecular flexibility index (Phi) is 6.12. The third-order valence-electron chi connectivity index (χ3n) is 5.43. The molecule has 0 N–H and O–H groups in total. The summed E-state index contributed by atoms with van der Waals surface area (Å²) in [5.74, 6) is 0.886. The Bertz CT molecular complexity index is 1070. The highest BCUT2D eigenvalue weighted by Gasteiger charge is 2.08. The maximum absolute atomic E-state index is 8.71. The van der Waals surface area contributed by atoms with Crippen LogP contribution in [0.1, 0.15) is 31.2 Å². The molecule has 0 spiro atoms. The summed E-state index contributed by atoms with van der Waals surface area (Å²) in [7, 11) is 0. The van der Waals surface area contributed by atoms with E-state index in [1.807, 2.05) is 24.3 Å². The smallest absolute Gasteiger partial charge is 0.119 e.